The minimum atomic E-state index is 0.760. The number of benzene rings is 1. The molecule has 0 aromatic heterocycles. The van der Waals surface area contributed by atoms with Crippen LogP contribution in [0.3, 0.4) is 0 Å². The molecule has 0 unspecified atom stereocenters. The lowest BCUT2D eigenvalue weighted by Gasteiger charge is -2.18. The van der Waals surface area contributed by atoms with Crippen molar-refractivity contribution in [3.63, 3.8) is 0 Å². The number of fused-ring (bicyclic) bond motifs is 1. The number of rotatable bonds is 0. The van der Waals surface area contributed by atoms with Gasteiger partial charge in [-0.15, -0.1) is 0 Å². The maximum Gasteiger partial charge on any atom is 0.195 e. The molecule has 0 saturated heterocycles. The Morgan fingerprint density at radius 3 is 2.64 bits per heavy atom. The number of hydrogen-bond acceptors (Lipinski definition) is 1. The summed E-state index contributed by atoms with van der Waals surface area (Å²) in [6.07, 6.45) is 1.95. The first kappa shape index (κ1) is 6.55. The zero-order chi connectivity index (χ0) is 7.90. The van der Waals surface area contributed by atoms with Crippen LogP contribution in [-0.4, -0.2) is 20.4 Å². The highest BCUT2D eigenvalue weighted by molar-refractivity contribution is 5.87. The summed E-state index contributed by atoms with van der Waals surface area (Å²) in [7, 11) is 4.24. The van der Waals surface area contributed by atoms with Gasteiger partial charge in [0.1, 0.15) is 5.69 Å². The van der Waals surface area contributed by atoms with Gasteiger partial charge in [-0.25, -0.2) is 0 Å². The molecule has 0 atom stereocenters. The predicted octanol–water partition coefficient (Wildman–Crippen LogP) is 1.93. The first-order valence-corrected chi connectivity index (χ1v) is 3.69. The summed E-state index contributed by atoms with van der Waals surface area (Å²) in [5.74, 6) is 0. The molecule has 0 saturated carbocycles. The van der Waals surface area contributed by atoms with Gasteiger partial charge in [-0.1, -0.05) is 12.1 Å². The Morgan fingerprint density at radius 2 is 1.91 bits per heavy atom. The van der Waals surface area contributed by atoms with Gasteiger partial charge in [-0.05, 0) is 6.07 Å². The molecule has 1 aromatic rings. The van der Waals surface area contributed by atoms with Crippen molar-refractivity contribution in [3.8, 4) is 0 Å². The molecule has 11 heavy (non-hydrogen) atoms. The Labute approximate surface area is 66.4 Å². The van der Waals surface area contributed by atoms with Crippen molar-refractivity contribution < 1.29 is 0 Å². The minimum Gasteiger partial charge on any atom is -0.252 e. The number of hydrogen-bond donors (Lipinski definition) is 0. The molecule has 0 N–H and O–H groups in total. The lowest BCUT2D eigenvalue weighted by atomic mass is 10.2. The van der Waals surface area contributed by atoms with Crippen molar-refractivity contribution in [3.05, 3.63) is 24.3 Å². The van der Waals surface area contributed by atoms with E-state index in [1.54, 1.807) is 0 Å². The second-order valence-corrected chi connectivity index (χ2v) is 3.27. The first-order chi connectivity index (χ1) is 5.20. The molecule has 1 aliphatic rings. The Morgan fingerprint density at radius 1 is 1.18 bits per heavy atom. The van der Waals surface area contributed by atoms with Crippen molar-refractivity contribution in [2.45, 2.75) is 0 Å². The molecule has 0 aliphatic carbocycles. The maximum atomic E-state index is 4.30. The Bertz CT molecular complexity index is 313. The fraction of sp³-hybridized carbons (Fsp3) is 0.222. The lowest BCUT2D eigenvalue weighted by molar-refractivity contribution is 0.625. The van der Waals surface area contributed by atoms with Crippen molar-refractivity contribution >= 4 is 17.7 Å². The lowest BCUT2D eigenvalue weighted by Crippen LogP contribution is -2.36. The van der Waals surface area contributed by atoms with Crippen molar-refractivity contribution in [1.82, 2.24) is 4.48 Å². The van der Waals surface area contributed by atoms with Gasteiger partial charge in [0.15, 0.2) is 12.0 Å². The molecule has 1 aromatic carbocycles. The predicted molar refractivity (Wildman–Crippen MR) is 48.2 cm³/mol. The van der Waals surface area contributed by atoms with Crippen LogP contribution in [0.2, 0.25) is 0 Å². The van der Waals surface area contributed by atoms with Crippen LogP contribution in [0.4, 0.5) is 11.4 Å². The van der Waals surface area contributed by atoms with Crippen LogP contribution in [0.1, 0.15) is 0 Å². The molecular formula is C9H11N2+. The smallest absolute Gasteiger partial charge is 0.195 e. The van der Waals surface area contributed by atoms with E-state index in [2.05, 4.69) is 25.2 Å². The summed E-state index contributed by atoms with van der Waals surface area (Å²) in [5, 5.41) is 0. The highest BCUT2D eigenvalue weighted by Gasteiger charge is 2.25. The number of nitrogens with zero attached hydrogens (tertiary/aromatic N) is 2. The third kappa shape index (κ3) is 0.870. The fourth-order valence-electron chi connectivity index (χ4n) is 1.33. The van der Waals surface area contributed by atoms with E-state index in [4.69, 9.17) is 0 Å². The second-order valence-electron chi connectivity index (χ2n) is 3.27. The van der Waals surface area contributed by atoms with Gasteiger partial charge in [0.2, 0.25) is 0 Å². The SMILES string of the molecule is C[N+]1(C)C=Nc2ccccc21. The van der Waals surface area contributed by atoms with Crippen LogP contribution < -0.4 is 4.48 Å². The molecule has 0 bridgehead atoms. The van der Waals surface area contributed by atoms with Crippen LogP contribution in [0.5, 0.6) is 0 Å². The van der Waals surface area contributed by atoms with Gasteiger partial charge in [0.05, 0.1) is 14.1 Å². The molecule has 0 spiro atoms. The molecule has 2 heteroatoms. The van der Waals surface area contributed by atoms with E-state index in [9.17, 15) is 0 Å². The molecule has 0 radical (unpaired) electrons. The normalized spacial score (nSPS) is 18.4. The Hall–Kier alpha value is -1.15. The molecule has 0 amide bonds. The van der Waals surface area contributed by atoms with Crippen molar-refractivity contribution in [1.29, 1.82) is 0 Å². The van der Waals surface area contributed by atoms with Gasteiger partial charge in [-0.2, -0.15) is 4.99 Å². The fourth-order valence-corrected chi connectivity index (χ4v) is 1.33. The summed E-state index contributed by atoms with van der Waals surface area (Å²) in [4.78, 5) is 4.30. The van der Waals surface area contributed by atoms with Crippen molar-refractivity contribution in [2.75, 3.05) is 14.1 Å². The van der Waals surface area contributed by atoms with Gasteiger partial charge in [-0.3, -0.25) is 4.48 Å². The second kappa shape index (κ2) is 1.92. The molecule has 2 rings (SSSR count). The van der Waals surface area contributed by atoms with E-state index in [1.807, 2.05) is 24.5 Å². The standard InChI is InChI=1S/C9H11N2/c1-11(2)7-10-8-5-3-4-6-9(8)11/h3-7H,1-2H3/q+1. The highest BCUT2D eigenvalue weighted by Crippen LogP contribution is 2.34. The Kier molecular flexibility index (Phi) is 1.14. The summed E-state index contributed by atoms with van der Waals surface area (Å²) in [6, 6.07) is 8.22. The van der Waals surface area contributed by atoms with E-state index in [0.29, 0.717) is 0 Å². The monoisotopic (exact) mass is 147 g/mol. The van der Waals surface area contributed by atoms with Gasteiger partial charge in [0, 0.05) is 6.07 Å². The average Bonchev–Trinajstić information content (AvgIpc) is 2.29. The largest absolute Gasteiger partial charge is 0.252 e. The third-order valence-electron chi connectivity index (χ3n) is 1.99. The van der Waals surface area contributed by atoms with E-state index in [1.165, 1.54) is 5.69 Å². The number of aliphatic imine (C=N–C) groups is 1. The average molecular weight is 147 g/mol. The quantitative estimate of drug-likeness (QED) is 0.497. The summed E-state index contributed by atoms with van der Waals surface area (Å²) < 4.78 is 0.760. The van der Waals surface area contributed by atoms with Crippen LogP contribution in [0, 0.1) is 0 Å². The first-order valence-electron chi connectivity index (χ1n) is 3.69. The Balaban J connectivity index is 2.64. The zero-order valence-electron chi connectivity index (χ0n) is 6.78. The highest BCUT2D eigenvalue weighted by atomic mass is 15.4. The molecule has 0 fully saturated rings. The summed E-state index contributed by atoms with van der Waals surface area (Å²) >= 11 is 0. The molecule has 1 heterocycles. The number of quaternary nitrogens is 1. The van der Waals surface area contributed by atoms with Gasteiger partial charge >= 0.3 is 0 Å². The maximum absolute atomic E-state index is 4.30. The van der Waals surface area contributed by atoms with Crippen LogP contribution in [0.25, 0.3) is 0 Å². The topological polar surface area (TPSA) is 12.4 Å². The van der Waals surface area contributed by atoms with E-state index in [0.717, 1.165) is 10.2 Å². The van der Waals surface area contributed by atoms with E-state index < -0.39 is 0 Å². The third-order valence-corrected chi connectivity index (χ3v) is 1.99. The number of para-hydroxylation sites is 2. The van der Waals surface area contributed by atoms with Crippen LogP contribution in [-0.2, 0) is 0 Å². The molecule has 1 aliphatic heterocycles. The van der Waals surface area contributed by atoms with Gasteiger partial charge < -0.3 is 0 Å². The molecule has 56 valence electrons. The van der Waals surface area contributed by atoms with Crippen molar-refractivity contribution in [2.24, 2.45) is 4.99 Å². The van der Waals surface area contributed by atoms with Crippen LogP contribution in [0.15, 0.2) is 29.3 Å². The van der Waals surface area contributed by atoms with Crippen LogP contribution >= 0.6 is 0 Å². The zero-order valence-corrected chi connectivity index (χ0v) is 6.78. The van der Waals surface area contributed by atoms with E-state index >= 15 is 0 Å². The minimum absolute atomic E-state index is 0.760. The van der Waals surface area contributed by atoms with Gasteiger partial charge in [0.25, 0.3) is 0 Å². The molecular weight excluding hydrogens is 136 g/mol. The molecule has 2 nitrogen and oxygen atoms in total. The summed E-state index contributed by atoms with van der Waals surface area (Å²) in [5.41, 5.74) is 2.37. The van der Waals surface area contributed by atoms with E-state index in [-0.39, 0.29) is 0 Å². The summed E-state index contributed by atoms with van der Waals surface area (Å²) in [6.45, 7) is 0.